The molecule has 2 N–H and O–H groups in total. The zero-order valence-electron chi connectivity index (χ0n) is 7.09. The van der Waals surface area contributed by atoms with Gasteiger partial charge in [0.1, 0.15) is 0 Å². The summed E-state index contributed by atoms with van der Waals surface area (Å²) in [6.45, 7) is 5.11. The molecule has 0 amide bonds. The lowest BCUT2D eigenvalue weighted by Crippen LogP contribution is -2.25. The van der Waals surface area contributed by atoms with Gasteiger partial charge in [-0.2, -0.15) is 0 Å². The van der Waals surface area contributed by atoms with E-state index in [0.29, 0.717) is 0 Å². The van der Waals surface area contributed by atoms with Crippen molar-refractivity contribution in [2.24, 2.45) is 0 Å². The van der Waals surface area contributed by atoms with Crippen molar-refractivity contribution >= 4 is 5.97 Å². The first-order valence-corrected chi connectivity index (χ1v) is 3.44. The quantitative estimate of drug-likeness (QED) is 0.606. The summed E-state index contributed by atoms with van der Waals surface area (Å²) >= 11 is 0. The predicted octanol–water partition coefficient (Wildman–Crippen LogP) is 1.18. The van der Waals surface area contributed by atoms with Gasteiger partial charge in [0, 0.05) is 0 Å². The first-order valence-electron chi connectivity index (χ1n) is 3.44. The van der Waals surface area contributed by atoms with E-state index in [-0.39, 0.29) is 6.42 Å². The number of carbonyl (C=O) groups is 1. The molecular formula is C8H14O3. The normalized spacial score (nSPS) is 15.3. The summed E-state index contributed by atoms with van der Waals surface area (Å²) in [6, 6.07) is 0. The Morgan fingerprint density at radius 2 is 2.00 bits per heavy atom. The third kappa shape index (κ3) is 5.61. The molecule has 0 aromatic heterocycles. The van der Waals surface area contributed by atoms with Crippen LogP contribution in [0.25, 0.3) is 0 Å². The molecule has 0 radical (unpaired) electrons. The summed E-state index contributed by atoms with van der Waals surface area (Å²) in [5.41, 5.74) is -0.304. The van der Waals surface area contributed by atoms with Gasteiger partial charge in [0.15, 0.2) is 0 Å². The lowest BCUT2D eigenvalue weighted by atomic mass is 10.00. The van der Waals surface area contributed by atoms with Gasteiger partial charge >= 0.3 is 5.97 Å². The fourth-order valence-corrected chi connectivity index (χ4v) is 0.979. The van der Waals surface area contributed by atoms with Gasteiger partial charge in [-0.3, -0.25) is 4.79 Å². The highest BCUT2D eigenvalue weighted by atomic mass is 16.4. The number of hydrogen-bond donors (Lipinski definition) is 2. The molecule has 0 saturated carbocycles. The van der Waals surface area contributed by atoms with Gasteiger partial charge in [-0.25, -0.2) is 0 Å². The fraction of sp³-hybridized carbons (Fsp3) is 0.625. The third-order valence-electron chi connectivity index (χ3n) is 1.11. The summed E-state index contributed by atoms with van der Waals surface area (Å²) in [6.07, 6.45) is 1.29. The number of aliphatic carboxylic acids is 1. The lowest BCUT2D eigenvalue weighted by molar-refractivity contribution is -0.140. The van der Waals surface area contributed by atoms with Crippen LogP contribution < -0.4 is 0 Å². The number of allylic oxidation sites excluding steroid dienone is 1. The van der Waals surface area contributed by atoms with Crippen molar-refractivity contribution in [2.45, 2.75) is 32.8 Å². The second-order valence-corrected chi connectivity index (χ2v) is 3.15. The molecule has 0 rings (SSSR count). The Kier molecular flexibility index (Phi) is 3.26. The van der Waals surface area contributed by atoms with Crippen LogP contribution in [0.4, 0.5) is 0 Å². The van der Waals surface area contributed by atoms with Crippen LogP contribution in [-0.2, 0) is 4.79 Å². The minimum absolute atomic E-state index is 0.252. The van der Waals surface area contributed by atoms with Crippen LogP contribution in [0.2, 0.25) is 0 Å². The van der Waals surface area contributed by atoms with Gasteiger partial charge in [-0.1, -0.05) is 11.6 Å². The van der Waals surface area contributed by atoms with E-state index in [4.69, 9.17) is 5.11 Å². The van der Waals surface area contributed by atoms with Crippen LogP contribution in [0.5, 0.6) is 0 Å². The topological polar surface area (TPSA) is 57.5 Å². The Morgan fingerprint density at radius 3 is 2.27 bits per heavy atom. The van der Waals surface area contributed by atoms with E-state index in [9.17, 15) is 9.90 Å². The maximum atomic E-state index is 10.2. The van der Waals surface area contributed by atoms with Crippen molar-refractivity contribution in [3.8, 4) is 0 Å². The summed E-state index contributed by atoms with van der Waals surface area (Å²) in [5, 5.41) is 17.8. The second-order valence-electron chi connectivity index (χ2n) is 3.15. The maximum absolute atomic E-state index is 10.2. The predicted molar refractivity (Wildman–Crippen MR) is 42.3 cm³/mol. The largest absolute Gasteiger partial charge is 0.481 e. The molecular weight excluding hydrogens is 144 g/mol. The number of carboxylic acids is 1. The molecule has 0 heterocycles. The molecule has 11 heavy (non-hydrogen) atoms. The Labute approximate surface area is 66.4 Å². The molecule has 64 valence electrons. The number of hydrogen-bond acceptors (Lipinski definition) is 2. The van der Waals surface area contributed by atoms with Gasteiger partial charge < -0.3 is 10.2 Å². The average molecular weight is 158 g/mol. The minimum atomic E-state index is -1.22. The average Bonchev–Trinajstić information content (AvgIpc) is 1.53. The molecule has 1 atom stereocenters. The van der Waals surface area contributed by atoms with Crippen molar-refractivity contribution in [1.82, 2.24) is 0 Å². The Hall–Kier alpha value is -0.830. The molecule has 0 aromatic carbocycles. The van der Waals surface area contributed by atoms with Gasteiger partial charge in [0.05, 0.1) is 12.0 Å². The summed E-state index contributed by atoms with van der Waals surface area (Å²) in [5.74, 6) is -0.993. The van der Waals surface area contributed by atoms with Crippen molar-refractivity contribution in [3.63, 3.8) is 0 Å². The SMILES string of the molecule is CC(C)=CC(C)(O)CC(=O)O. The smallest absolute Gasteiger partial charge is 0.306 e. The van der Waals surface area contributed by atoms with Gasteiger partial charge in [-0.05, 0) is 20.8 Å². The monoisotopic (exact) mass is 158 g/mol. The molecule has 0 spiro atoms. The molecule has 0 aliphatic heterocycles. The summed E-state index contributed by atoms with van der Waals surface area (Å²) < 4.78 is 0. The maximum Gasteiger partial charge on any atom is 0.306 e. The Bertz CT molecular complexity index is 176. The van der Waals surface area contributed by atoms with Crippen molar-refractivity contribution in [2.75, 3.05) is 0 Å². The molecule has 0 aliphatic rings. The zero-order chi connectivity index (χ0) is 9.07. The van der Waals surface area contributed by atoms with Gasteiger partial charge in [0.2, 0.25) is 0 Å². The van der Waals surface area contributed by atoms with Gasteiger partial charge in [0.25, 0.3) is 0 Å². The van der Waals surface area contributed by atoms with E-state index >= 15 is 0 Å². The van der Waals surface area contributed by atoms with Crippen molar-refractivity contribution in [3.05, 3.63) is 11.6 Å². The molecule has 0 saturated heterocycles. The standard InChI is InChI=1S/C8H14O3/c1-6(2)4-8(3,11)5-7(9)10/h4,11H,5H2,1-3H3,(H,9,10). The highest BCUT2D eigenvalue weighted by Crippen LogP contribution is 2.13. The van der Waals surface area contributed by atoms with E-state index in [0.717, 1.165) is 5.57 Å². The molecule has 0 fully saturated rings. The van der Waals surface area contributed by atoms with Crippen LogP contribution in [-0.4, -0.2) is 21.8 Å². The number of carboxylic acid groups (broad SMARTS) is 1. The molecule has 0 aliphatic carbocycles. The van der Waals surface area contributed by atoms with Crippen LogP contribution in [0.15, 0.2) is 11.6 Å². The highest BCUT2D eigenvalue weighted by molar-refractivity contribution is 5.68. The molecule has 1 unspecified atom stereocenters. The lowest BCUT2D eigenvalue weighted by Gasteiger charge is -2.16. The van der Waals surface area contributed by atoms with E-state index in [1.165, 1.54) is 6.92 Å². The molecule has 0 aromatic rings. The summed E-state index contributed by atoms with van der Waals surface area (Å²) in [4.78, 5) is 10.2. The van der Waals surface area contributed by atoms with Crippen LogP contribution in [0.1, 0.15) is 27.2 Å². The fourth-order valence-electron chi connectivity index (χ4n) is 0.979. The first-order chi connectivity index (χ1) is 4.83. The molecule has 0 bridgehead atoms. The minimum Gasteiger partial charge on any atom is -0.481 e. The Balaban J connectivity index is 4.22. The van der Waals surface area contributed by atoms with Crippen LogP contribution in [0.3, 0.4) is 0 Å². The van der Waals surface area contributed by atoms with Crippen molar-refractivity contribution < 1.29 is 15.0 Å². The molecule has 3 nitrogen and oxygen atoms in total. The van der Waals surface area contributed by atoms with Crippen LogP contribution >= 0.6 is 0 Å². The summed E-state index contributed by atoms with van der Waals surface area (Å²) in [7, 11) is 0. The Morgan fingerprint density at radius 1 is 1.55 bits per heavy atom. The highest BCUT2D eigenvalue weighted by Gasteiger charge is 2.20. The van der Waals surface area contributed by atoms with E-state index in [1.807, 2.05) is 13.8 Å². The zero-order valence-corrected chi connectivity index (χ0v) is 7.09. The third-order valence-corrected chi connectivity index (χ3v) is 1.11. The first kappa shape index (κ1) is 10.2. The number of rotatable bonds is 3. The van der Waals surface area contributed by atoms with E-state index in [2.05, 4.69) is 0 Å². The van der Waals surface area contributed by atoms with E-state index in [1.54, 1.807) is 6.08 Å². The second kappa shape index (κ2) is 3.53. The number of aliphatic hydroxyl groups is 1. The molecule has 3 heteroatoms. The van der Waals surface area contributed by atoms with Crippen LogP contribution in [0, 0.1) is 0 Å². The van der Waals surface area contributed by atoms with E-state index < -0.39 is 11.6 Å². The van der Waals surface area contributed by atoms with Gasteiger partial charge in [-0.15, -0.1) is 0 Å². The van der Waals surface area contributed by atoms with Crippen molar-refractivity contribution in [1.29, 1.82) is 0 Å².